The van der Waals surface area contributed by atoms with E-state index in [9.17, 15) is 10.2 Å². The lowest BCUT2D eigenvalue weighted by Crippen LogP contribution is -2.48. The number of aryl methyl sites for hydroxylation is 1. The van der Waals surface area contributed by atoms with Crippen LogP contribution in [0, 0.1) is 30.6 Å². The Morgan fingerprint density at radius 2 is 1.69 bits per heavy atom. The Labute approximate surface area is 157 Å². The molecule has 142 valence electrons. The summed E-state index contributed by atoms with van der Waals surface area (Å²) in [4.78, 5) is 4.57. The summed E-state index contributed by atoms with van der Waals surface area (Å²) >= 11 is 0. The number of aromatic hydroxyl groups is 1. The highest BCUT2D eigenvalue weighted by Crippen LogP contribution is 2.62. The van der Waals surface area contributed by atoms with Gasteiger partial charge in [0, 0.05) is 17.3 Å². The minimum absolute atomic E-state index is 0.0442. The molecule has 1 aromatic rings. The van der Waals surface area contributed by atoms with Crippen LogP contribution in [0.3, 0.4) is 0 Å². The van der Waals surface area contributed by atoms with Gasteiger partial charge in [0.15, 0.2) is 0 Å². The zero-order valence-electron chi connectivity index (χ0n) is 16.4. The van der Waals surface area contributed by atoms with Crippen molar-refractivity contribution >= 4 is 6.21 Å². The summed E-state index contributed by atoms with van der Waals surface area (Å²) in [5.41, 5.74) is 3.36. The quantitative estimate of drug-likeness (QED) is 0.758. The molecule has 0 aliphatic heterocycles. The van der Waals surface area contributed by atoms with E-state index in [-0.39, 0.29) is 24.0 Å². The Hall–Kier alpha value is -1.35. The molecule has 4 bridgehead atoms. The van der Waals surface area contributed by atoms with Crippen LogP contribution in [0.4, 0.5) is 0 Å². The third-order valence-corrected chi connectivity index (χ3v) is 7.26. The molecule has 0 radical (unpaired) electrons. The fourth-order valence-electron chi connectivity index (χ4n) is 6.36. The predicted octanol–water partition coefficient (Wildman–Crippen LogP) is 4.60. The van der Waals surface area contributed by atoms with E-state index in [0.717, 1.165) is 23.3 Å². The van der Waals surface area contributed by atoms with Crippen molar-refractivity contribution < 1.29 is 10.2 Å². The Bertz CT molecular complexity index is 671. The zero-order chi connectivity index (χ0) is 18.5. The lowest BCUT2D eigenvalue weighted by atomic mass is 9.48. The van der Waals surface area contributed by atoms with Crippen LogP contribution in [0.5, 0.6) is 5.75 Å². The first kappa shape index (κ1) is 18.0. The molecule has 0 unspecified atom stereocenters. The SMILES string of the molecule is Cc1cc(C=N[C@H](CO)C(C)C)c(O)c(C23CC4CC(CC(C4)C2)C3)c1. The maximum absolute atomic E-state index is 11.1. The summed E-state index contributed by atoms with van der Waals surface area (Å²) in [7, 11) is 0. The van der Waals surface area contributed by atoms with Gasteiger partial charge in [0.2, 0.25) is 0 Å². The molecule has 0 aromatic heterocycles. The third-order valence-electron chi connectivity index (χ3n) is 7.26. The lowest BCUT2D eigenvalue weighted by molar-refractivity contribution is -0.00616. The predicted molar refractivity (Wildman–Crippen MR) is 106 cm³/mol. The Morgan fingerprint density at radius 1 is 1.12 bits per heavy atom. The van der Waals surface area contributed by atoms with Gasteiger partial charge < -0.3 is 10.2 Å². The van der Waals surface area contributed by atoms with Gasteiger partial charge in [0.05, 0.1) is 12.6 Å². The second-order valence-corrected chi connectivity index (χ2v) is 9.72. The van der Waals surface area contributed by atoms with Gasteiger partial charge in [-0.05, 0) is 86.2 Å². The van der Waals surface area contributed by atoms with Gasteiger partial charge in [0.25, 0.3) is 0 Å². The Morgan fingerprint density at radius 3 is 2.19 bits per heavy atom. The molecular formula is C23H33NO2. The van der Waals surface area contributed by atoms with Gasteiger partial charge in [0.1, 0.15) is 5.75 Å². The number of aliphatic hydroxyl groups is 1. The minimum atomic E-state index is -0.113. The van der Waals surface area contributed by atoms with Crippen LogP contribution in [0.1, 0.15) is 69.1 Å². The highest BCUT2D eigenvalue weighted by molar-refractivity contribution is 5.85. The number of rotatable bonds is 5. The molecule has 0 heterocycles. The molecule has 3 nitrogen and oxygen atoms in total. The van der Waals surface area contributed by atoms with E-state index in [1.165, 1.54) is 49.7 Å². The lowest BCUT2D eigenvalue weighted by Gasteiger charge is -2.57. The summed E-state index contributed by atoms with van der Waals surface area (Å²) in [5.74, 6) is 3.29. The molecule has 4 aliphatic rings. The van der Waals surface area contributed by atoms with Gasteiger partial charge >= 0.3 is 0 Å². The normalized spacial score (nSPS) is 34.1. The van der Waals surface area contributed by atoms with Crippen LogP contribution in [-0.2, 0) is 5.41 Å². The van der Waals surface area contributed by atoms with Crippen molar-refractivity contribution in [3.63, 3.8) is 0 Å². The van der Waals surface area contributed by atoms with Crippen molar-refractivity contribution in [2.24, 2.45) is 28.7 Å². The van der Waals surface area contributed by atoms with E-state index < -0.39 is 0 Å². The molecule has 1 atom stereocenters. The second kappa shape index (κ2) is 6.67. The summed E-state index contributed by atoms with van der Waals surface area (Å²) < 4.78 is 0. The Balaban J connectivity index is 1.70. The summed E-state index contributed by atoms with van der Waals surface area (Å²) in [5, 5.41) is 20.7. The van der Waals surface area contributed by atoms with Crippen molar-refractivity contribution in [2.45, 2.75) is 70.8 Å². The minimum Gasteiger partial charge on any atom is -0.507 e. The number of aliphatic imine (C=N–C) groups is 1. The van der Waals surface area contributed by atoms with Crippen molar-refractivity contribution in [1.29, 1.82) is 0 Å². The number of benzene rings is 1. The van der Waals surface area contributed by atoms with Gasteiger partial charge in [-0.2, -0.15) is 0 Å². The smallest absolute Gasteiger partial charge is 0.128 e. The zero-order valence-corrected chi connectivity index (χ0v) is 16.4. The average Bonchev–Trinajstić information content (AvgIpc) is 2.56. The van der Waals surface area contributed by atoms with Crippen LogP contribution in [0.2, 0.25) is 0 Å². The van der Waals surface area contributed by atoms with Crippen LogP contribution >= 0.6 is 0 Å². The molecule has 2 N–H and O–H groups in total. The second-order valence-electron chi connectivity index (χ2n) is 9.72. The summed E-state index contributed by atoms with van der Waals surface area (Å²) in [6.07, 6.45) is 9.76. The summed E-state index contributed by atoms with van der Waals surface area (Å²) in [6.45, 7) is 6.29. The topological polar surface area (TPSA) is 52.8 Å². The third kappa shape index (κ3) is 3.09. The molecule has 4 aliphatic carbocycles. The highest BCUT2D eigenvalue weighted by Gasteiger charge is 2.52. The molecular weight excluding hydrogens is 322 g/mol. The molecule has 26 heavy (non-hydrogen) atoms. The molecule has 1 aromatic carbocycles. The first-order valence-corrected chi connectivity index (χ1v) is 10.4. The maximum atomic E-state index is 11.1. The first-order valence-electron chi connectivity index (χ1n) is 10.4. The number of phenols is 1. The number of phenolic OH excluding ortho intramolecular Hbond substituents is 1. The molecule has 0 spiro atoms. The molecule has 3 heteroatoms. The van der Waals surface area contributed by atoms with Gasteiger partial charge in [-0.3, -0.25) is 4.99 Å². The highest BCUT2D eigenvalue weighted by atomic mass is 16.3. The van der Waals surface area contributed by atoms with Crippen molar-refractivity contribution in [3.05, 3.63) is 28.8 Å². The fourth-order valence-corrected chi connectivity index (χ4v) is 6.36. The molecule has 4 fully saturated rings. The summed E-state index contributed by atoms with van der Waals surface area (Å²) in [6, 6.07) is 4.14. The molecule has 4 saturated carbocycles. The average molecular weight is 356 g/mol. The molecule has 5 rings (SSSR count). The first-order chi connectivity index (χ1) is 12.4. The monoisotopic (exact) mass is 355 g/mol. The number of hydrogen-bond donors (Lipinski definition) is 2. The largest absolute Gasteiger partial charge is 0.507 e. The number of aliphatic hydroxyl groups excluding tert-OH is 1. The van der Waals surface area contributed by atoms with Crippen molar-refractivity contribution in [2.75, 3.05) is 6.61 Å². The number of hydrogen-bond acceptors (Lipinski definition) is 3. The van der Waals surface area contributed by atoms with Crippen molar-refractivity contribution in [3.8, 4) is 5.75 Å². The van der Waals surface area contributed by atoms with Gasteiger partial charge in [-0.1, -0.05) is 19.9 Å². The Kier molecular flexibility index (Phi) is 4.63. The molecule has 0 amide bonds. The number of nitrogens with zero attached hydrogens (tertiary/aromatic N) is 1. The van der Waals surface area contributed by atoms with Crippen LogP contribution < -0.4 is 0 Å². The van der Waals surface area contributed by atoms with Crippen LogP contribution in [0.25, 0.3) is 0 Å². The van der Waals surface area contributed by atoms with E-state index in [1.54, 1.807) is 6.21 Å². The van der Waals surface area contributed by atoms with E-state index >= 15 is 0 Å². The standard InChI is InChI=1S/C23H33NO2/c1-14(2)21(13-25)24-12-19-4-15(3)5-20(22(19)26)23-9-16-6-17(10-23)8-18(7-16)11-23/h4-5,12,14,16-18,21,25-26H,6-11,13H2,1-3H3/t16?,17?,18?,21-,23?/m1/s1. The van der Waals surface area contributed by atoms with E-state index in [1.807, 2.05) is 6.07 Å². The van der Waals surface area contributed by atoms with E-state index in [4.69, 9.17) is 0 Å². The van der Waals surface area contributed by atoms with Gasteiger partial charge in [-0.15, -0.1) is 0 Å². The van der Waals surface area contributed by atoms with Gasteiger partial charge in [-0.25, -0.2) is 0 Å². The van der Waals surface area contributed by atoms with Crippen LogP contribution in [-0.4, -0.2) is 29.1 Å². The van der Waals surface area contributed by atoms with Crippen LogP contribution in [0.15, 0.2) is 17.1 Å². The molecule has 0 saturated heterocycles. The maximum Gasteiger partial charge on any atom is 0.128 e. The fraction of sp³-hybridized carbons (Fsp3) is 0.696. The van der Waals surface area contributed by atoms with E-state index in [2.05, 4.69) is 31.8 Å². The van der Waals surface area contributed by atoms with E-state index in [0.29, 0.717) is 5.75 Å². The van der Waals surface area contributed by atoms with Crippen molar-refractivity contribution in [1.82, 2.24) is 0 Å².